The zero-order valence-electron chi connectivity index (χ0n) is 21.3. The van der Waals surface area contributed by atoms with Gasteiger partial charge in [0.05, 0.1) is 7.11 Å². The normalized spacial score (nSPS) is 24.4. The highest BCUT2D eigenvalue weighted by Gasteiger charge is 2.51. The van der Waals surface area contributed by atoms with Gasteiger partial charge in [-0.1, -0.05) is 58.0 Å². The van der Waals surface area contributed by atoms with E-state index in [9.17, 15) is 4.79 Å². The molecule has 1 saturated carbocycles. The summed E-state index contributed by atoms with van der Waals surface area (Å²) in [6.45, 7) is 10.2. The molecule has 4 heteroatoms. The topological polar surface area (TPSA) is 45.3 Å². The Hall–Kier alpha value is -2.75. The van der Waals surface area contributed by atoms with E-state index < -0.39 is 0 Å². The van der Waals surface area contributed by atoms with Crippen LogP contribution in [-0.4, -0.2) is 35.5 Å². The van der Waals surface area contributed by atoms with Crippen LogP contribution < -0.4 is 4.74 Å². The Morgan fingerprint density at radius 2 is 1.97 bits per heavy atom. The number of likely N-dealkylation sites (tertiary alicyclic amines) is 1. The molecule has 1 amide bonds. The Bertz CT molecular complexity index is 1210. The third-order valence-corrected chi connectivity index (χ3v) is 8.20. The van der Waals surface area contributed by atoms with Gasteiger partial charge in [-0.05, 0) is 65.3 Å². The summed E-state index contributed by atoms with van der Waals surface area (Å²) < 4.78 is 5.54. The van der Waals surface area contributed by atoms with E-state index in [1.807, 2.05) is 12.1 Å². The van der Waals surface area contributed by atoms with Gasteiger partial charge >= 0.3 is 0 Å². The maximum Gasteiger partial charge on any atom is 0.223 e. The minimum atomic E-state index is -0.0234. The molecule has 34 heavy (non-hydrogen) atoms. The molecule has 1 aliphatic heterocycles. The molecular formula is C30H38N2O2. The largest absolute Gasteiger partial charge is 0.497 e. The number of carbonyl (C=O) groups excluding carboxylic acids is 1. The maximum atomic E-state index is 13.9. The number of amides is 1. The Kier molecular flexibility index (Phi) is 5.74. The maximum absolute atomic E-state index is 13.9. The first-order chi connectivity index (χ1) is 16.2. The van der Waals surface area contributed by atoms with Crippen LogP contribution in [0.25, 0.3) is 10.9 Å². The monoisotopic (exact) mass is 458 g/mol. The number of nitrogens with zero attached hydrogens (tertiary/aromatic N) is 1. The second-order valence-corrected chi connectivity index (χ2v) is 11.7. The van der Waals surface area contributed by atoms with Gasteiger partial charge in [0.2, 0.25) is 5.91 Å². The molecule has 0 radical (unpaired) electrons. The van der Waals surface area contributed by atoms with E-state index in [2.05, 4.69) is 74.1 Å². The second kappa shape index (κ2) is 8.48. The van der Waals surface area contributed by atoms with Crippen LogP contribution in [0.5, 0.6) is 5.75 Å². The standard InChI is InChI=1S/C30H38N2O2/c1-6-20-9-8-12-24-26(17-31-28(20)24)25(21-10-7-11-23(13-21)34-5)14-27(33)32-19-30(4)16-22(32)15-29(2,3)18-30/h7-13,17,22,25,31H,6,14-16,18-19H2,1-5H3. The second-order valence-electron chi connectivity index (χ2n) is 11.7. The van der Waals surface area contributed by atoms with Crippen LogP contribution in [0.4, 0.5) is 0 Å². The van der Waals surface area contributed by atoms with Crippen molar-refractivity contribution in [3.63, 3.8) is 0 Å². The summed E-state index contributed by atoms with van der Waals surface area (Å²) in [5, 5.41) is 1.22. The lowest BCUT2D eigenvalue weighted by Crippen LogP contribution is -2.38. The molecule has 2 fully saturated rings. The molecule has 2 aliphatic rings. The Labute approximate surface area is 203 Å². The third-order valence-electron chi connectivity index (χ3n) is 8.20. The van der Waals surface area contributed by atoms with Crippen molar-refractivity contribution in [2.75, 3.05) is 13.7 Å². The van der Waals surface area contributed by atoms with Crippen LogP contribution in [0.3, 0.4) is 0 Å². The Balaban J connectivity index is 1.52. The number of nitrogens with one attached hydrogen (secondary N) is 1. The lowest BCUT2D eigenvalue weighted by molar-refractivity contribution is -0.132. The zero-order chi connectivity index (χ0) is 24.1. The van der Waals surface area contributed by atoms with Crippen LogP contribution in [0.15, 0.2) is 48.7 Å². The molecule has 2 heterocycles. The van der Waals surface area contributed by atoms with Crippen molar-refractivity contribution in [1.82, 2.24) is 9.88 Å². The van der Waals surface area contributed by atoms with Crippen LogP contribution in [-0.2, 0) is 11.2 Å². The van der Waals surface area contributed by atoms with E-state index in [1.165, 1.54) is 28.5 Å². The zero-order valence-corrected chi connectivity index (χ0v) is 21.3. The predicted molar refractivity (Wildman–Crippen MR) is 138 cm³/mol. The van der Waals surface area contributed by atoms with E-state index in [4.69, 9.17) is 4.74 Å². The quantitative estimate of drug-likeness (QED) is 0.447. The smallest absolute Gasteiger partial charge is 0.223 e. The fourth-order valence-electron chi connectivity index (χ4n) is 7.13. The summed E-state index contributed by atoms with van der Waals surface area (Å²) in [4.78, 5) is 19.7. The number of rotatable bonds is 6. The number of para-hydroxylation sites is 1. The van der Waals surface area contributed by atoms with Crippen molar-refractivity contribution < 1.29 is 9.53 Å². The molecular weight excluding hydrogens is 420 g/mol. The van der Waals surface area contributed by atoms with Gasteiger partial charge in [-0.3, -0.25) is 4.79 Å². The van der Waals surface area contributed by atoms with Gasteiger partial charge in [0.25, 0.3) is 0 Å². The first kappa shape index (κ1) is 23.0. The molecule has 3 atom stereocenters. The SMILES string of the molecule is CCc1cccc2c(C(CC(=O)N3CC4(C)CC3CC(C)(C)C4)c3cccc(OC)c3)c[nH]c12. The number of methoxy groups -OCH3 is 1. The van der Waals surface area contributed by atoms with Gasteiger partial charge in [-0.2, -0.15) is 0 Å². The average molecular weight is 459 g/mol. The number of benzene rings is 2. The van der Waals surface area contributed by atoms with Crippen LogP contribution in [0.1, 0.15) is 76.0 Å². The molecule has 5 rings (SSSR count). The van der Waals surface area contributed by atoms with E-state index in [1.54, 1.807) is 7.11 Å². The summed E-state index contributed by atoms with van der Waals surface area (Å²) in [5.41, 5.74) is 5.36. The number of aromatic nitrogens is 1. The molecule has 1 saturated heterocycles. The molecule has 1 N–H and O–H groups in total. The molecule has 3 aromatic rings. The van der Waals surface area contributed by atoms with Gasteiger partial charge in [-0.15, -0.1) is 0 Å². The number of H-pyrrole nitrogens is 1. The Morgan fingerprint density at radius 3 is 2.74 bits per heavy atom. The highest BCUT2D eigenvalue weighted by atomic mass is 16.5. The summed E-state index contributed by atoms with van der Waals surface area (Å²) >= 11 is 0. The number of carbonyl (C=O) groups is 1. The number of fused-ring (bicyclic) bond motifs is 3. The molecule has 180 valence electrons. The predicted octanol–water partition coefficient (Wildman–Crippen LogP) is 6.69. The molecule has 3 unspecified atom stereocenters. The van der Waals surface area contributed by atoms with Crippen LogP contribution >= 0.6 is 0 Å². The van der Waals surface area contributed by atoms with Crippen molar-refractivity contribution in [1.29, 1.82) is 0 Å². The van der Waals surface area contributed by atoms with Crippen molar-refractivity contribution in [3.8, 4) is 5.75 Å². The number of hydrogen-bond acceptors (Lipinski definition) is 2. The highest BCUT2D eigenvalue weighted by molar-refractivity contribution is 5.88. The van der Waals surface area contributed by atoms with Crippen LogP contribution in [0.2, 0.25) is 0 Å². The highest BCUT2D eigenvalue weighted by Crippen LogP contribution is 2.53. The Morgan fingerprint density at radius 1 is 1.18 bits per heavy atom. The third kappa shape index (κ3) is 4.12. The molecule has 0 spiro atoms. The van der Waals surface area contributed by atoms with Gasteiger partial charge in [-0.25, -0.2) is 0 Å². The van der Waals surface area contributed by atoms with Crippen molar-refractivity contribution in [2.45, 2.75) is 71.8 Å². The van der Waals surface area contributed by atoms with Gasteiger partial charge in [0, 0.05) is 42.0 Å². The number of ether oxygens (including phenoxy) is 1. The fraction of sp³-hybridized carbons (Fsp3) is 0.500. The summed E-state index contributed by atoms with van der Waals surface area (Å²) in [7, 11) is 1.70. The number of hydrogen-bond donors (Lipinski definition) is 1. The average Bonchev–Trinajstić information content (AvgIpc) is 3.34. The number of aromatic amines is 1. The molecule has 2 aromatic carbocycles. The summed E-state index contributed by atoms with van der Waals surface area (Å²) in [6, 6.07) is 15.1. The van der Waals surface area contributed by atoms with Gasteiger partial charge in [0.1, 0.15) is 5.75 Å². The molecule has 1 aromatic heterocycles. The lowest BCUT2D eigenvalue weighted by Gasteiger charge is -2.39. The summed E-state index contributed by atoms with van der Waals surface area (Å²) in [6.07, 6.45) is 7.01. The van der Waals surface area contributed by atoms with Crippen molar-refractivity contribution >= 4 is 16.8 Å². The van der Waals surface area contributed by atoms with Gasteiger partial charge in [0.15, 0.2) is 0 Å². The lowest BCUT2D eigenvalue weighted by atomic mass is 9.65. The fourth-order valence-corrected chi connectivity index (χ4v) is 7.13. The van der Waals surface area contributed by atoms with Crippen LogP contribution in [0, 0.1) is 10.8 Å². The van der Waals surface area contributed by atoms with E-state index in [-0.39, 0.29) is 17.2 Å². The molecule has 2 bridgehead atoms. The van der Waals surface area contributed by atoms with E-state index >= 15 is 0 Å². The minimum Gasteiger partial charge on any atom is -0.497 e. The van der Waals surface area contributed by atoms with E-state index in [0.29, 0.717) is 17.9 Å². The van der Waals surface area contributed by atoms with Gasteiger partial charge < -0.3 is 14.6 Å². The number of aryl methyl sites for hydroxylation is 1. The molecule has 4 nitrogen and oxygen atoms in total. The van der Waals surface area contributed by atoms with E-state index in [0.717, 1.165) is 37.1 Å². The van der Waals surface area contributed by atoms with Crippen molar-refractivity contribution in [2.24, 2.45) is 10.8 Å². The molecule has 1 aliphatic carbocycles. The minimum absolute atomic E-state index is 0.0234. The van der Waals surface area contributed by atoms with Crippen molar-refractivity contribution in [3.05, 3.63) is 65.4 Å². The summed E-state index contributed by atoms with van der Waals surface area (Å²) in [5.74, 6) is 1.08. The first-order valence-corrected chi connectivity index (χ1v) is 12.7. The first-order valence-electron chi connectivity index (χ1n) is 12.7.